The molecule has 4 heteroatoms. The molecule has 68 valence electrons. The first-order valence-corrected chi connectivity index (χ1v) is 5.33. The van der Waals surface area contributed by atoms with Gasteiger partial charge in [-0.3, -0.25) is 9.97 Å². The van der Waals surface area contributed by atoms with Crippen LogP contribution < -0.4 is 0 Å². The van der Waals surface area contributed by atoms with Crippen LogP contribution in [-0.2, 0) is 0 Å². The average molecular weight is 221 g/mol. The highest BCUT2D eigenvalue weighted by Gasteiger charge is 2.05. The van der Waals surface area contributed by atoms with E-state index in [9.17, 15) is 0 Å². The lowest BCUT2D eigenvalue weighted by molar-refractivity contribution is 1.37. The van der Waals surface area contributed by atoms with Crippen LogP contribution in [-0.4, -0.2) is 9.97 Å². The van der Waals surface area contributed by atoms with E-state index in [-0.39, 0.29) is 0 Å². The van der Waals surface area contributed by atoms with E-state index in [1.807, 2.05) is 24.4 Å². The Morgan fingerprint density at radius 3 is 3.14 bits per heavy atom. The van der Waals surface area contributed by atoms with Crippen molar-refractivity contribution < 1.29 is 0 Å². The second kappa shape index (κ2) is 2.90. The van der Waals surface area contributed by atoms with Crippen molar-refractivity contribution in [2.24, 2.45) is 0 Å². The third-order valence-electron chi connectivity index (χ3n) is 2.09. The van der Waals surface area contributed by atoms with Crippen LogP contribution in [0.2, 0.25) is 4.34 Å². The predicted molar refractivity (Wildman–Crippen MR) is 59.9 cm³/mol. The largest absolute Gasteiger partial charge is 0.254 e. The molecule has 0 aliphatic rings. The predicted octanol–water partition coefficient (Wildman–Crippen LogP) is 3.50. The van der Waals surface area contributed by atoms with Crippen molar-refractivity contribution in [3.8, 4) is 0 Å². The number of pyridine rings is 2. The van der Waals surface area contributed by atoms with Gasteiger partial charge in [0.15, 0.2) is 0 Å². The maximum atomic E-state index is 5.95. The second-order valence-electron chi connectivity index (χ2n) is 2.96. The highest BCUT2D eigenvalue weighted by atomic mass is 35.5. The smallest absolute Gasteiger partial charge is 0.0973 e. The summed E-state index contributed by atoms with van der Waals surface area (Å²) in [5.74, 6) is 0. The van der Waals surface area contributed by atoms with Crippen molar-refractivity contribution in [3.63, 3.8) is 0 Å². The Balaban J connectivity index is 2.60. The van der Waals surface area contributed by atoms with Gasteiger partial charge in [0.25, 0.3) is 0 Å². The first-order chi connectivity index (χ1) is 6.84. The molecule has 2 nitrogen and oxygen atoms in total. The lowest BCUT2D eigenvalue weighted by Crippen LogP contribution is -1.80. The molecule has 14 heavy (non-hydrogen) atoms. The van der Waals surface area contributed by atoms with Crippen LogP contribution in [0.1, 0.15) is 0 Å². The minimum atomic E-state index is 0.778. The molecule has 3 aromatic heterocycles. The third-order valence-corrected chi connectivity index (χ3v) is 3.29. The van der Waals surface area contributed by atoms with E-state index in [0.717, 1.165) is 25.5 Å². The maximum Gasteiger partial charge on any atom is 0.0973 e. The van der Waals surface area contributed by atoms with Crippen LogP contribution in [0.3, 0.4) is 0 Å². The third kappa shape index (κ3) is 1.10. The fourth-order valence-electron chi connectivity index (χ4n) is 1.49. The summed E-state index contributed by atoms with van der Waals surface area (Å²) in [5.41, 5.74) is 1.84. The Kier molecular flexibility index (Phi) is 1.69. The Morgan fingerprint density at radius 2 is 2.21 bits per heavy atom. The molecule has 0 bridgehead atoms. The summed E-state index contributed by atoms with van der Waals surface area (Å²) in [5, 5.41) is 1.09. The monoisotopic (exact) mass is 220 g/mol. The van der Waals surface area contributed by atoms with E-state index >= 15 is 0 Å². The minimum absolute atomic E-state index is 0.778. The number of nitrogens with zero attached hydrogens (tertiary/aromatic N) is 2. The molecule has 0 amide bonds. The van der Waals surface area contributed by atoms with E-state index in [1.54, 1.807) is 6.20 Å². The summed E-state index contributed by atoms with van der Waals surface area (Å²) in [6, 6.07) is 5.78. The highest BCUT2D eigenvalue weighted by Crippen LogP contribution is 2.32. The van der Waals surface area contributed by atoms with Gasteiger partial charge in [0, 0.05) is 17.8 Å². The number of thiophene rings is 1. The zero-order valence-electron chi connectivity index (χ0n) is 7.07. The molecule has 0 atom stereocenters. The second-order valence-corrected chi connectivity index (χ2v) is 4.67. The summed E-state index contributed by atoms with van der Waals surface area (Å²) < 4.78 is 1.86. The van der Waals surface area contributed by atoms with Crippen LogP contribution in [0.5, 0.6) is 0 Å². The van der Waals surface area contributed by atoms with Gasteiger partial charge in [0.2, 0.25) is 0 Å². The van der Waals surface area contributed by atoms with Gasteiger partial charge in [0.1, 0.15) is 0 Å². The van der Waals surface area contributed by atoms with Crippen LogP contribution in [0.25, 0.3) is 21.1 Å². The quantitative estimate of drug-likeness (QED) is 0.580. The van der Waals surface area contributed by atoms with Crippen LogP contribution in [0.15, 0.2) is 30.6 Å². The van der Waals surface area contributed by atoms with Crippen molar-refractivity contribution >= 4 is 44.1 Å². The van der Waals surface area contributed by atoms with Gasteiger partial charge in [0.05, 0.1) is 20.1 Å². The summed E-state index contributed by atoms with van der Waals surface area (Å²) in [4.78, 5) is 8.62. The number of fused-ring (bicyclic) bond motifs is 3. The van der Waals surface area contributed by atoms with Crippen molar-refractivity contribution in [3.05, 3.63) is 34.9 Å². The molecular formula is C10H5ClN2S. The summed E-state index contributed by atoms with van der Waals surface area (Å²) in [6.45, 7) is 0. The molecule has 0 spiro atoms. The number of hydrogen-bond donors (Lipinski definition) is 0. The normalized spacial score (nSPS) is 11.2. The Hall–Kier alpha value is -1.19. The highest BCUT2D eigenvalue weighted by molar-refractivity contribution is 7.22. The van der Waals surface area contributed by atoms with Crippen molar-refractivity contribution in [1.29, 1.82) is 0 Å². The Labute approximate surface area is 89.2 Å². The van der Waals surface area contributed by atoms with Gasteiger partial charge in [-0.25, -0.2) is 0 Å². The molecular weight excluding hydrogens is 216 g/mol. The van der Waals surface area contributed by atoms with E-state index in [1.165, 1.54) is 11.3 Å². The first kappa shape index (κ1) is 8.15. The summed E-state index contributed by atoms with van der Waals surface area (Å²) in [6.07, 6.45) is 3.62. The molecule has 3 rings (SSSR count). The zero-order chi connectivity index (χ0) is 9.54. The molecule has 0 saturated heterocycles. The molecule has 0 aromatic carbocycles. The fourth-order valence-corrected chi connectivity index (χ4v) is 2.61. The molecule has 3 aromatic rings. The van der Waals surface area contributed by atoms with Gasteiger partial charge < -0.3 is 0 Å². The molecule has 0 aliphatic heterocycles. The zero-order valence-corrected chi connectivity index (χ0v) is 8.64. The van der Waals surface area contributed by atoms with E-state index in [4.69, 9.17) is 11.6 Å². The van der Waals surface area contributed by atoms with E-state index in [2.05, 4.69) is 9.97 Å². The SMILES string of the molecule is Clc1cc2c(cnc3cccnc32)s1. The average Bonchev–Trinajstić information content (AvgIpc) is 2.59. The van der Waals surface area contributed by atoms with Gasteiger partial charge >= 0.3 is 0 Å². The van der Waals surface area contributed by atoms with Gasteiger partial charge in [-0.05, 0) is 18.2 Å². The van der Waals surface area contributed by atoms with Crippen LogP contribution in [0, 0.1) is 0 Å². The molecule has 3 heterocycles. The maximum absolute atomic E-state index is 5.95. The molecule has 0 aliphatic carbocycles. The molecule has 0 unspecified atom stereocenters. The molecule has 0 saturated carbocycles. The van der Waals surface area contributed by atoms with E-state index in [0.29, 0.717) is 0 Å². The Morgan fingerprint density at radius 1 is 1.29 bits per heavy atom. The molecule has 0 N–H and O–H groups in total. The number of aromatic nitrogens is 2. The summed E-state index contributed by atoms with van der Waals surface area (Å²) >= 11 is 7.48. The van der Waals surface area contributed by atoms with E-state index < -0.39 is 0 Å². The topological polar surface area (TPSA) is 25.8 Å². The summed E-state index contributed by atoms with van der Waals surface area (Å²) in [7, 11) is 0. The van der Waals surface area contributed by atoms with Crippen LogP contribution in [0.4, 0.5) is 0 Å². The standard InChI is InChI=1S/C10H5ClN2S/c11-9-4-6-8(14-9)5-13-7-2-1-3-12-10(6)7/h1-5H. The number of rotatable bonds is 0. The van der Waals surface area contributed by atoms with Crippen LogP contribution >= 0.6 is 22.9 Å². The van der Waals surface area contributed by atoms with Crippen molar-refractivity contribution in [2.45, 2.75) is 0 Å². The number of hydrogen-bond acceptors (Lipinski definition) is 3. The lowest BCUT2D eigenvalue weighted by atomic mass is 10.2. The van der Waals surface area contributed by atoms with Gasteiger partial charge in [-0.1, -0.05) is 11.6 Å². The minimum Gasteiger partial charge on any atom is -0.254 e. The lowest BCUT2D eigenvalue weighted by Gasteiger charge is -1.95. The first-order valence-electron chi connectivity index (χ1n) is 4.13. The van der Waals surface area contributed by atoms with Gasteiger partial charge in [-0.15, -0.1) is 11.3 Å². The number of halogens is 1. The van der Waals surface area contributed by atoms with Crippen molar-refractivity contribution in [1.82, 2.24) is 9.97 Å². The van der Waals surface area contributed by atoms with Gasteiger partial charge in [-0.2, -0.15) is 0 Å². The fraction of sp³-hybridized carbons (Fsp3) is 0. The Bertz CT molecular complexity index is 618. The molecule has 0 fully saturated rings. The molecule has 0 radical (unpaired) electrons. The van der Waals surface area contributed by atoms with Crippen molar-refractivity contribution in [2.75, 3.05) is 0 Å².